The number of aromatic nitrogens is 2. The fraction of sp³-hybridized carbons (Fsp3) is 0.667. The van der Waals surface area contributed by atoms with Gasteiger partial charge in [-0.3, -0.25) is 14.4 Å². The maximum Gasteiger partial charge on any atom is 0.234 e. The van der Waals surface area contributed by atoms with E-state index in [4.69, 9.17) is 10.5 Å². The number of nitrogen functional groups attached to an aromatic ring is 1. The number of aryl methyl sites for hydroxylation is 1. The summed E-state index contributed by atoms with van der Waals surface area (Å²) < 4.78 is 6.67. The average Bonchev–Trinajstić information content (AvgIpc) is 2.75. The van der Waals surface area contributed by atoms with Crippen LogP contribution < -0.4 is 11.1 Å². The van der Waals surface area contributed by atoms with Crippen molar-refractivity contribution in [1.29, 1.82) is 0 Å². The highest BCUT2D eigenvalue weighted by molar-refractivity contribution is 5.77. The van der Waals surface area contributed by atoms with Gasteiger partial charge in [0, 0.05) is 32.9 Å². The Labute approximate surface area is 113 Å². The number of hydrogen-bond donors (Lipinski definition) is 2. The molecule has 7 nitrogen and oxygen atoms in total. The molecule has 0 unspecified atom stereocenters. The molecule has 1 rings (SSSR count). The highest BCUT2D eigenvalue weighted by Crippen LogP contribution is 1.98. The molecule has 1 amide bonds. The molecule has 0 spiro atoms. The Morgan fingerprint density at radius 3 is 3.05 bits per heavy atom. The Bertz CT molecular complexity index is 380. The zero-order valence-electron chi connectivity index (χ0n) is 11.6. The van der Waals surface area contributed by atoms with E-state index in [1.54, 1.807) is 13.2 Å². The number of carbonyl (C=O) groups is 1. The number of methoxy groups -OCH3 is 1. The predicted octanol–water partition coefficient (Wildman–Crippen LogP) is -0.450. The molecule has 19 heavy (non-hydrogen) atoms. The highest BCUT2D eigenvalue weighted by Gasteiger charge is 2.05. The Morgan fingerprint density at radius 1 is 1.63 bits per heavy atom. The summed E-state index contributed by atoms with van der Waals surface area (Å²) in [6.07, 6.45) is 2.77. The van der Waals surface area contributed by atoms with Crippen LogP contribution in [0.4, 0.5) is 5.82 Å². The molecule has 0 saturated carbocycles. The summed E-state index contributed by atoms with van der Waals surface area (Å²) in [6, 6.07) is 1.77. The minimum Gasteiger partial charge on any atom is -0.383 e. The van der Waals surface area contributed by atoms with Gasteiger partial charge in [0.15, 0.2) is 0 Å². The van der Waals surface area contributed by atoms with Crippen LogP contribution in [0.15, 0.2) is 12.3 Å². The summed E-state index contributed by atoms with van der Waals surface area (Å²) in [6.45, 7) is 3.11. The van der Waals surface area contributed by atoms with Crippen LogP contribution >= 0.6 is 0 Å². The summed E-state index contributed by atoms with van der Waals surface area (Å²) in [7, 11) is 3.54. The fourth-order valence-corrected chi connectivity index (χ4v) is 1.68. The topological polar surface area (TPSA) is 85.4 Å². The number of nitrogens with one attached hydrogen (secondary N) is 1. The molecule has 1 aromatic heterocycles. The number of nitrogens with zero attached hydrogens (tertiary/aromatic N) is 3. The molecule has 1 aromatic rings. The second-order valence-corrected chi connectivity index (χ2v) is 4.44. The van der Waals surface area contributed by atoms with Gasteiger partial charge in [0.25, 0.3) is 0 Å². The van der Waals surface area contributed by atoms with Crippen LogP contribution in [0.5, 0.6) is 0 Å². The Kier molecular flexibility index (Phi) is 6.91. The molecule has 3 N–H and O–H groups in total. The van der Waals surface area contributed by atoms with E-state index in [-0.39, 0.29) is 5.91 Å². The Morgan fingerprint density at radius 2 is 2.42 bits per heavy atom. The summed E-state index contributed by atoms with van der Waals surface area (Å²) in [5.41, 5.74) is 5.53. The number of rotatable bonds is 9. The van der Waals surface area contributed by atoms with Crippen molar-refractivity contribution >= 4 is 11.7 Å². The van der Waals surface area contributed by atoms with Crippen LogP contribution in [0.1, 0.15) is 6.42 Å². The van der Waals surface area contributed by atoms with E-state index in [1.165, 1.54) is 0 Å². The van der Waals surface area contributed by atoms with E-state index >= 15 is 0 Å². The van der Waals surface area contributed by atoms with Crippen molar-refractivity contribution in [2.75, 3.05) is 46.1 Å². The minimum atomic E-state index is 0.0166. The van der Waals surface area contributed by atoms with Crippen LogP contribution in [0.2, 0.25) is 0 Å². The normalized spacial score (nSPS) is 10.9. The van der Waals surface area contributed by atoms with Crippen molar-refractivity contribution in [1.82, 2.24) is 20.0 Å². The molecule has 0 radical (unpaired) electrons. The third-order valence-corrected chi connectivity index (χ3v) is 2.63. The molecule has 0 atom stereocenters. The third-order valence-electron chi connectivity index (χ3n) is 2.63. The second-order valence-electron chi connectivity index (χ2n) is 4.44. The van der Waals surface area contributed by atoms with Crippen molar-refractivity contribution in [2.45, 2.75) is 13.0 Å². The largest absolute Gasteiger partial charge is 0.383 e. The van der Waals surface area contributed by atoms with Crippen molar-refractivity contribution < 1.29 is 9.53 Å². The number of carbonyl (C=O) groups excluding carboxylic acids is 1. The van der Waals surface area contributed by atoms with Gasteiger partial charge in [0.05, 0.1) is 13.2 Å². The van der Waals surface area contributed by atoms with Gasteiger partial charge in [0.1, 0.15) is 5.82 Å². The van der Waals surface area contributed by atoms with Crippen LogP contribution in [-0.4, -0.2) is 61.0 Å². The number of likely N-dealkylation sites (N-methyl/N-ethyl adjacent to an activating group) is 1. The highest BCUT2D eigenvalue weighted by atomic mass is 16.5. The first-order valence-corrected chi connectivity index (χ1v) is 6.35. The number of ether oxygens (including phenoxy) is 1. The van der Waals surface area contributed by atoms with Crippen LogP contribution in [0.25, 0.3) is 0 Å². The number of hydrogen-bond acceptors (Lipinski definition) is 5. The minimum absolute atomic E-state index is 0.0166. The maximum atomic E-state index is 11.5. The van der Waals surface area contributed by atoms with E-state index < -0.39 is 0 Å². The van der Waals surface area contributed by atoms with Gasteiger partial charge in [-0.05, 0) is 19.5 Å². The van der Waals surface area contributed by atoms with Gasteiger partial charge >= 0.3 is 0 Å². The molecular formula is C12H23N5O2. The van der Waals surface area contributed by atoms with Crippen LogP contribution in [-0.2, 0) is 16.1 Å². The molecule has 1 heterocycles. The number of nitrogens with two attached hydrogens (primary N) is 1. The monoisotopic (exact) mass is 269 g/mol. The summed E-state index contributed by atoms with van der Waals surface area (Å²) in [5, 5.41) is 6.89. The lowest BCUT2D eigenvalue weighted by molar-refractivity contribution is -0.122. The molecule has 0 aliphatic carbocycles. The zero-order chi connectivity index (χ0) is 14.1. The smallest absolute Gasteiger partial charge is 0.234 e. The Balaban J connectivity index is 2.10. The third kappa shape index (κ3) is 6.78. The summed E-state index contributed by atoms with van der Waals surface area (Å²) in [4.78, 5) is 13.5. The first-order chi connectivity index (χ1) is 9.11. The number of amides is 1. The van der Waals surface area contributed by atoms with E-state index in [2.05, 4.69) is 10.4 Å². The maximum absolute atomic E-state index is 11.5. The lowest BCUT2D eigenvalue weighted by atomic mass is 10.4. The lowest BCUT2D eigenvalue weighted by Crippen LogP contribution is -2.37. The van der Waals surface area contributed by atoms with Gasteiger partial charge in [-0.2, -0.15) is 5.10 Å². The first-order valence-electron chi connectivity index (χ1n) is 6.35. The molecule has 0 bridgehead atoms. The number of anilines is 1. The van der Waals surface area contributed by atoms with Gasteiger partial charge < -0.3 is 15.8 Å². The van der Waals surface area contributed by atoms with Gasteiger partial charge in [0.2, 0.25) is 5.91 Å². The quantitative estimate of drug-likeness (QED) is 0.593. The van der Waals surface area contributed by atoms with E-state index in [1.807, 2.05) is 22.8 Å². The molecule has 0 aromatic carbocycles. The second kappa shape index (κ2) is 8.49. The first kappa shape index (κ1) is 15.5. The Hall–Kier alpha value is -1.60. The lowest BCUT2D eigenvalue weighted by Gasteiger charge is -2.16. The van der Waals surface area contributed by atoms with Crippen molar-refractivity contribution in [3.05, 3.63) is 12.3 Å². The molecular weight excluding hydrogens is 246 g/mol. The van der Waals surface area contributed by atoms with Crippen molar-refractivity contribution in [2.24, 2.45) is 0 Å². The van der Waals surface area contributed by atoms with E-state index in [0.717, 1.165) is 19.5 Å². The zero-order valence-corrected chi connectivity index (χ0v) is 11.6. The molecule has 0 saturated heterocycles. The van der Waals surface area contributed by atoms with E-state index in [0.29, 0.717) is 25.5 Å². The predicted molar refractivity (Wildman–Crippen MR) is 73.6 cm³/mol. The van der Waals surface area contributed by atoms with Gasteiger partial charge in [-0.15, -0.1) is 0 Å². The molecule has 0 aliphatic rings. The van der Waals surface area contributed by atoms with Gasteiger partial charge in [-0.1, -0.05) is 0 Å². The molecule has 0 fully saturated rings. The van der Waals surface area contributed by atoms with Crippen LogP contribution in [0, 0.1) is 0 Å². The van der Waals surface area contributed by atoms with Crippen LogP contribution in [0.3, 0.4) is 0 Å². The SMILES string of the molecule is COCCNC(=O)CN(C)CCCn1ccc(N)n1. The molecule has 7 heteroatoms. The van der Waals surface area contributed by atoms with Crippen molar-refractivity contribution in [3.63, 3.8) is 0 Å². The summed E-state index contributed by atoms with van der Waals surface area (Å²) in [5.74, 6) is 0.550. The van der Waals surface area contributed by atoms with E-state index in [9.17, 15) is 4.79 Å². The summed E-state index contributed by atoms with van der Waals surface area (Å²) >= 11 is 0. The standard InChI is InChI=1S/C12H23N5O2/c1-16(10-12(18)14-5-9-19-2)6-3-7-17-8-4-11(13)15-17/h4,8H,3,5-7,9-10H2,1-2H3,(H2,13,15)(H,14,18). The molecule has 108 valence electrons. The molecule has 0 aliphatic heterocycles. The average molecular weight is 269 g/mol. The van der Waals surface area contributed by atoms with Gasteiger partial charge in [-0.25, -0.2) is 0 Å². The van der Waals surface area contributed by atoms with Crippen molar-refractivity contribution in [3.8, 4) is 0 Å². The fourth-order valence-electron chi connectivity index (χ4n) is 1.68.